The molecule has 0 amide bonds. The molecule has 0 saturated heterocycles. The van der Waals surface area contributed by atoms with Crippen LogP contribution in [-0.4, -0.2) is 0 Å². The molecule has 0 unspecified atom stereocenters. The smallest absolute Gasteiger partial charge is 0.137 e. The first-order valence-electron chi connectivity index (χ1n) is 5.48. The Balaban J connectivity index is 2.15. The van der Waals surface area contributed by atoms with Crippen LogP contribution in [0.1, 0.15) is 11.1 Å². The molecule has 0 aliphatic carbocycles. The summed E-state index contributed by atoms with van der Waals surface area (Å²) in [5.74, 6) is -0.301. The quantitative estimate of drug-likeness (QED) is 0.878. The monoisotopic (exact) mass is 338 g/mol. The van der Waals surface area contributed by atoms with Gasteiger partial charge in [-0.05, 0) is 45.8 Å². The predicted molar refractivity (Wildman–Crippen MR) is 77.6 cm³/mol. The second-order valence-corrected chi connectivity index (χ2v) is 5.07. The Bertz CT molecular complexity index is 652. The minimum absolute atomic E-state index is 0.301. The number of hydrogen-bond acceptors (Lipinski definition) is 2. The summed E-state index contributed by atoms with van der Waals surface area (Å²) in [5, 5.41) is 12.3. The molecule has 19 heavy (non-hydrogen) atoms. The van der Waals surface area contributed by atoms with E-state index in [1.54, 1.807) is 24.3 Å². The van der Waals surface area contributed by atoms with Crippen LogP contribution in [0.4, 0.5) is 10.1 Å². The lowest BCUT2D eigenvalue weighted by molar-refractivity contribution is 0.618. The number of nitrogens with zero attached hydrogens (tertiary/aromatic N) is 1. The zero-order valence-corrected chi connectivity index (χ0v) is 12.1. The molecule has 0 fully saturated rings. The minimum atomic E-state index is -0.301. The lowest BCUT2D eigenvalue weighted by Gasteiger charge is -2.10. The largest absolute Gasteiger partial charge is 0.380 e. The molecular weight excluding hydrogens is 331 g/mol. The second kappa shape index (κ2) is 6.05. The molecule has 2 aromatic carbocycles. The number of nitrogens with one attached hydrogen (secondary N) is 1. The van der Waals surface area contributed by atoms with E-state index in [1.807, 2.05) is 12.1 Å². The van der Waals surface area contributed by atoms with Gasteiger partial charge in [0.2, 0.25) is 0 Å². The molecule has 2 nitrogen and oxygen atoms in total. The van der Waals surface area contributed by atoms with Crippen molar-refractivity contribution in [3.8, 4) is 6.07 Å². The van der Waals surface area contributed by atoms with E-state index in [2.05, 4.69) is 21.2 Å². The van der Waals surface area contributed by atoms with Gasteiger partial charge >= 0.3 is 0 Å². The van der Waals surface area contributed by atoms with Crippen molar-refractivity contribution in [2.75, 3.05) is 5.32 Å². The summed E-state index contributed by atoms with van der Waals surface area (Å²) in [5.41, 5.74) is 2.00. The van der Waals surface area contributed by atoms with E-state index in [0.717, 1.165) is 5.56 Å². The van der Waals surface area contributed by atoms with Crippen molar-refractivity contribution in [2.45, 2.75) is 6.54 Å². The highest BCUT2D eigenvalue weighted by atomic mass is 79.9. The van der Waals surface area contributed by atoms with Gasteiger partial charge in [0.25, 0.3) is 0 Å². The fraction of sp³-hybridized carbons (Fsp3) is 0.0714. The van der Waals surface area contributed by atoms with Gasteiger partial charge in [0.15, 0.2) is 0 Å². The van der Waals surface area contributed by atoms with Crippen LogP contribution in [0, 0.1) is 17.1 Å². The van der Waals surface area contributed by atoms with Crippen LogP contribution < -0.4 is 5.32 Å². The summed E-state index contributed by atoms with van der Waals surface area (Å²) in [6.45, 7) is 0.434. The van der Waals surface area contributed by atoms with Gasteiger partial charge in [-0.3, -0.25) is 0 Å². The lowest BCUT2D eigenvalue weighted by Crippen LogP contribution is -2.01. The van der Waals surface area contributed by atoms with Gasteiger partial charge < -0.3 is 5.32 Å². The van der Waals surface area contributed by atoms with E-state index in [-0.39, 0.29) is 5.82 Å². The topological polar surface area (TPSA) is 35.8 Å². The van der Waals surface area contributed by atoms with Crippen LogP contribution in [0.5, 0.6) is 0 Å². The summed E-state index contributed by atoms with van der Waals surface area (Å²) >= 11 is 9.25. The van der Waals surface area contributed by atoms with Crippen LogP contribution in [0.15, 0.2) is 40.9 Å². The number of hydrogen-bond donors (Lipinski definition) is 1. The molecule has 0 spiro atoms. The van der Waals surface area contributed by atoms with Crippen molar-refractivity contribution in [2.24, 2.45) is 0 Å². The second-order valence-electron chi connectivity index (χ2n) is 3.87. The SMILES string of the molecule is N#Cc1ccc(NCc2cccc(F)c2Br)c(Cl)c1. The maximum absolute atomic E-state index is 13.3. The molecule has 0 aromatic heterocycles. The minimum Gasteiger partial charge on any atom is -0.380 e. The normalized spacial score (nSPS) is 10.0. The molecule has 0 atom stereocenters. The Labute approximate surface area is 123 Å². The summed E-state index contributed by atoms with van der Waals surface area (Å²) < 4.78 is 13.8. The molecule has 0 aliphatic heterocycles. The first kappa shape index (κ1) is 13.9. The van der Waals surface area contributed by atoms with Crippen LogP contribution in [0.3, 0.4) is 0 Å². The number of nitriles is 1. The number of halogens is 3. The Morgan fingerprint density at radius 1 is 1.32 bits per heavy atom. The van der Waals surface area contributed by atoms with Gasteiger partial charge in [-0.1, -0.05) is 23.7 Å². The summed E-state index contributed by atoms with van der Waals surface area (Å²) in [6.07, 6.45) is 0. The first-order chi connectivity index (χ1) is 9.11. The van der Waals surface area contributed by atoms with E-state index >= 15 is 0 Å². The van der Waals surface area contributed by atoms with Crippen molar-refractivity contribution in [1.82, 2.24) is 0 Å². The Morgan fingerprint density at radius 3 is 2.79 bits per heavy atom. The van der Waals surface area contributed by atoms with Gasteiger partial charge in [-0.15, -0.1) is 0 Å². The molecule has 0 heterocycles. The van der Waals surface area contributed by atoms with E-state index in [4.69, 9.17) is 16.9 Å². The zero-order valence-electron chi connectivity index (χ0n) is 9.75. The van der Waals surface area contributed by atoms with E-state index in [0.29, 0.717) is 27.3 Å². The standard InChI is InChI=1S/C14H9BrClFN2/c15-14-10(2-1-3-12(14)17)8-19-13-5-4-9(7-18)6-11(13)16/h1-6,19H,8H2. The van der Waals surface area contributed by atoms with Crippen molar-refractivity contribution in [3.63, 3.8) is 0 Å². The fourth-order valence-electron chi connectivity index (χ4n) is 1.60. The third-order valence-electron chi connectivity index (χ3n) is 2.60. The van der Waals surface area contributed by atoms with Crippen LogP contribution in [-0.2, 0) is 6.54 Å². The van der Waals surface area contributed by atoms with Crippen molar-refractivity contribution in [1.29, 1.82) is 5.26 Å². The van der Waals surface area contributed by atoms with Crippen LogP contribution >= 0.6 is 27.5 Å². The molecule has 2 rings (SSSR count). The number of rotatable bonds is 3. The highest BCUT2D eigenvalue weighted by molar-refractivity contribution is 9.10. The molecule has 0 aliphatic rings. The molecule has 0 radical (unpaired) electrons. The average Bonchev–Trinajstić information content (AvgIpc) is 2.41. The van der Waals surface area contributed by atoms with Crippen molar-refractivity contribution >= 4 is 33.2 Å². The lowest BCUT2D eigenvalue weighted by atomic mass is 10.2. The maximum atomic E-state index is 13.3. The molecule has 0 saturated carbocycles. The summed E-state index contributed by atoms with van der Waals surface area (Å²) in [6, 6.07) is 11.9. The first-order valence-corrected chi connectivity index (χ1v) is 6.65. The van der Waals surface area contributed by atoms with Gasteiger partial charge in [0, 0.05) is 6.54 Å². The third kappa shape index (κ3) is 3.25. The predicted octanol–water partition coefficient (Wildman–Crippen LogP) is 4.73. The molecule has 1 N–H and O–H groups in total. The highest BCUT2D eigenvalue weighted by Crippen LogP contribution is 2.25. The third-order valence-corrected chi connectivity index (χ3v) is 3.80. The van der Waals surface area contributed by atoms with E-state index < -0.39 is 0 Å². The van der Waals surface area contributed by atoms with Crippen molar-refractivity contribution < 1.29 is 4.39 Å². The fourth-order valence-corrected chi connectivity index (χ4v) is 2.26. The van der Waals surface area contributed by atoms with Crippen LogP contribution in [0.2, 0.25) is 5.02 Å². The Morgan fingerprint density at radius 2 is 2.11 bits per heavy atom. The summed E-state index contributed by atoms with van der Waals surface area (Å²) in [4.78, 5) is 0. The average molecular weight is 340 g/mol. The molecular formula is C14H9BrClFN2. The highest BCUT2D eigenvalue weighted by Gasteiger charge is 2.06. The maximum Gasteiger partial charge on any atom is 0.137 e. The number of anilines is 1. The molecule has 96 valence electrons. The Hall–Kier alpha value is -1.57. The van der Waals surface area contributed by atoms with Gasteiger partial charge in [-0.2, -0.15) is 5.26 Å². The van der Waals surface area contributed by atoms with E-state index in [1.165, 1.54) is 6.07 Å². The molecule has 0 bridgehead atoms. The molecule has 2 aromatic rings. The molecule has 5 heteroatoms. The Kier molecular flexibility index (Phi) is 4.41. The van der Waals surface area contributed by atoms with Gasteiger partial charge in [0.1, 0.15) is 5.82 Å². The summed E-state index contributed by atoms with van der Waals surface area (Å²) in [7, 11) is 0. The van der Waals surface area contributed by atoms with Crippen LogP contribution in [0.25, 0.3) is 0 Å². The van der Waals surface area contributed by atoms with Gasteiger partial charge in [0.05, 0.1) is 26.8 Å². The zero-order chi connectivity index (χ0) is 13.8. The van der Waals surface area contributed by atoms with Gasteiger partial charge in [-0.25, -0.2) is 4.39 Å². The van der Waals surface area contributed by atoms with E-state index in [9.17, 15) is 4.39 Å². The van der Waals surface area contributed by atoms with Crippen molar-refractivity contribution in [3.05, 3.63) is 62.8 Å². The number of benzene rings is 2.